The summed E-state index contributed by atoms with van der Waals surface area (Å²) in [4.78, 5) is 7.11. The minimum absolute atomic E-state index is 0.619. The lowest BCUT2D eigenvalue weighted by Crippen LogP contribution is -2.48. The number of benzene rings is 1. The van der Waals surface area contributed by atoms with Crippen LogP contribution in [0.1, 0.15) is 25.3 Å². The average molecular weight is 404 g/mol. The Balaban J connectivity index is 1.62. The van der Waals surface area contributed by atoms with Gasteiger partial charge in [-0.15, -0.1) is 0 Å². The van der Waals surface area contributed by atoms with Gasteiger partial charge < -0.3 is 10.2 Å². The number of aliphatic imine (C=N–C) groups is 1. The summed E-state index contributed by atoms with van der Waals surface area (Å²) in [5, 5.41) is 4.30. The van der Waals surface area contributed by atoms with Crippen molar-refractivity contribution in [2.24, 2.45) is 10.9 Å². The Morgan fingerprint density at radius 2 is 2.30 bits per heavy atom. The SMILES string of the molecule is CC1CCC2CN=C(NCc3ccc(I)c(Cl)c3)N2C1. The van der Waals surface area contributed by atoms with Gasteiger partial charge in [0.1, 0.15) is 0 Å². The van der Waals surface area contributed by atoms with Crippen molar-refractivity contribution in [1.82, 2.24) is 10.2 Å². The molecule has 0 saturated carbocycles. The Morgan fingerprint density at radius 1 is 1.45 bits per heavy atom. The van der Waals surface area contributed by atoms with E-state index in [1.165, 1.54) is 18.4 Å². The van der Waals surface area contributed by atoms with Gasteiger partial charge in [-0.1, -0.05) is 24.6 Å². The van der Waals surface area contributed by atoms with Crippen LogP contribution in [0.4, 0.5) is 0 Å². The van der Waals surface area contributed by atoms with E-state index < -0.39 is 0 Å². The molecule has 1 aromatic rings. The monoisotopic (exact) mass is 403 g/mol. The lowest BCUT2D eigenvalue weighted by molar-refractivity contribution is 0.211. The zero-order valence-corrected chi connectivity index (χ0v) is 14.5. The molecule has 108 valence electrons. The van der Waals surface area contributed by atoms with E-state index in [0.717, 1.165) is 40.1 Å². The molecule has 0 spiro atoms. The van der Waals surface area contributed by atoms with Crippen LogP contribution in [0.5, 0.6) is 0 Å². The summed E-state index contributed by atoms with van der Waals surface area (Å²) in [5.74, 6) is 1.83. The van der Waals surface area contributed by atoms with Crippen LogP contribution < -0.4 is 5.32 Å². The third kappa shape index (κ3) is 3.06. The fourth-order valence-corrected chi connectivity index (χ4v) is 3.47. The van der Waals surface area contributed by atoms with Gasteiger partial charge in [0.25, 0.3) is 0 Å². The first-order chi connectivity index (χ1) is 9.63. The van der Waals surface area contributed by atoms with Crippen LogP contribution in [0.2, 0.25) is 5.02 Å². The van der Waals surface area contributed by atoms with Crippen molar-refractivity contribution in [3.05, 3.63) is 32.4 Å². The predicted octanol–water partition coefficient (Wildman–Crippen LogP) is 3.50. The highest BCUT2D eigenvalue weighted by Gasteiger charge is 2.32. The number of fused-ring (bicyclic) bond motifs is 1. The highest BCUT2D eigenvalue weighted by Crippen LogP contribution is 2.25. The van der Waals surface area contributed by atoms with E-state index in [9.17, 15) is 0 Å². The van der Waals surface area contributed by atoms with Gasteiger partial charge in [0.05, 0.1) is 17.6 Å². The third-order valence-electron chi connectivity index (χ3n) is 4.10. The minimum Gasteiger partial charge on any atom is -0.352 e. The van der Waals surface area contributed by atoms with Crippen molar-refractivity contribution in [3.63, 3.8) is 0 Å². The average Bonchev–Trinajstić information content (AvgIpc) is 2.82. The molecule has 0 aromatic heterocycles. The van der Waals surface area contributed by atoms with Crippen LogP contribution in [0.3, 0.4) is 0 Å². The highest BCUT2D eigenvalue weighted by atomic mass is 127. The maximum absolute atomic E-state index is 6.16. The fraction of sp³-hybridized carbons (Fsp3) is 0.533. The van der Waals surface area contributed by atoms with Gasteiger partial charge in [0, 0.05) is 16.7 Å². The number of rotatable bonds is 2. The molecule has 3 nitrogen and oxygen atoms in total. The summed E-state index contributed by atoms with van der Waals surface area (Å²) < 4.78 is 1.09. The lowest BCUT2D eigenvalue weighted by atomic mass is 9.95. The van der Waals surface area contributed by atoms with Gasteiger partial charge in [-0.2, -0.15) is 0 Å². The zero-order chi connectivity index (χ0) is 14.1. The molecule has 2 aliphatic rings. The summed E-state index contributed by atoms with van der Waals surface area (Å²) >= 11 is 8.41. The minimum atomic E-state index is 0.619. The number of guanidine groups is 1. The second-order valence-corrected chi connectivity index (χ2v) is 7.32. The molecule has 2 aliphatic heterocycles. The molecule has 0 radical (unpaired) electrons. The Hall–Kier alpha value is -0.490. The van der Waals surface area contributed by atoms with Crippen molar-refractivity contribution in [2.45, 2.75) is 32.4 Å². The predicted molar refractivity (Wildman–Crippen MR) is 92.2 cm³/mol. The maximum atomic E-state index is 6.16. The molecule has 1 aromatic carbocycles. The van der Waals surface area contributed by atoms with Crippen molar-refractivity contribution < 1.29 is 0 Å². The molecule has 20 heavy (non-hydrogen) atoms. The van der Waals surface area contributed by atoms with Crippen LogP contribution >= 0.6 is 34.2 Å². The van der Waals surface area contributed by atoms with Gasteiger partial charge in [0.15, 0.2) is 5.96 Å². The first kappa shape index (κ1) is 14.4. The molecule has 0 bridgehead atoms. The smallest absolute Gasteiger partial charge is 0.194 e. The molecule has 3 rings (SSSR count). The van der Waals surface area contributed by atoms with Crippen LogP contribution in [0.25, 0.3) is 0 Å². The number of piperidine rings is 1. The first-order valence-corrected chi connectivity index (χ1v) is 8.58. The summed E-state index contributed by atoms with van der Waals surface area (Å²) in [6, 6.07) is 6.82. The van der Waals surface area contributed by atoms with Gasteiger partial charge in [0.2, 0.25) is 0 Å². The van der Waals surface area contributed by atoms with Crippen LogP contribution in [0.15, 0.2) is 23.2 Å². The molecule has 0 amide bonds. The van der Waals surface area contributed by atoms with Crippen molar-refractivity contribution in [1.29, 1.82) is 0 Å². The first-order valence-electron chi connectivity index (χ1n) is 7.12. The second-order valence-electron chi connectivity index (χ2n) is 5.76. The van der Waals surface area contributed by atoms with Crippen molar-refractivity contribution in [2.75, 3.05) is 13.1 Å². The van der Waals surface area contributed by atoms with Crippen molar-refractivity contribution >= 4 is 40.2 Å². The Bertz CT molecular complexity index is 532. The van der Waals surface area contributed by atoms with E-state index in [1.54, 1.807) is 0 Å². The number of nitrogens with one attached hydrogen (secondary N) is 1. The normalized spacial score (nSPS) is 25.4. The molecule has 1 fully saturated rings. The van der Waals surface area contributed by atoms with Crippen LogP contribution in [-0.2, 0) is 6.54 Å². The molecule has 1 N–H and O–H groups in total. The highest BCUT2D eigenvalue weighted by molar-refractivity contribution is 14.1. The number of hydrogen-bond acceptors (Lipinski definition) is 3. The van der Waals surface area contributed by atoms with E-state index in [1.807, 2.05) is 6.07 Å². The van der Waals surface area contributed by atoms with Gasteiger partial charge in [-0.05, 0) is 59.0 Å². The Labute approximate surface area is 138 Å². The van der Waals surface area contributed by atoms with Gasteiger partial charge >= 0.3 is 0 Å². The topological polar surface area (TPSA) is 27.6 Å². The molecular formula is C15H19ClIN3. The summed E-state index contributed by atoms with van der Waals surface area (Å²) in [5.41, 5.74) is 1.20. The quantitative estimate of drug-likeness (QED) is 0.765. The molecule has 5 heteroatoms. The molecule has 1 saturated heterocycles. The summed E-state index contributed by atoms with van der Waals surface area (Å²) in [7, 11) is 0. The standard InChI is InChI=1S/C15H19ClIN3/c1-10-2-4-12-8-19-15(20(12)9-10)18-7-11-3-5-14(17)13(16)6-11/h3,5-6,10,12H,2,4,7-9H2,1H3,(H,18,19). The number of halogens is 2. The van der Waals surface area contributed by atoms with Crippen molar-refractivity contribution in [3.8, 4) is 0 Å². The van der Waals surface area contributed by atoms with E-state index in [0.29, 0.717) is 6.04 Å². The largest absolute Gasteiger partial charge is 0.352 e. The fourth-order valence-electron chi connectivity index (χ4n) is 2.93. The third-order valence-corrected chi connectivity index (χ3v) is 5.67. The second kappa shape index (κ2) is 6.10. The van der Waals surface area contributed by atoms with E-state index >= 15 is 0 Å². The molecule has 0 aliphatic carbocycles. The van der Waals surface area contributed by atoms with E-state index in [2.05, 4.69) is 56.9 Å². The number of hydrogen-bond donors (Lipinski definition) is 1. The Morgan fingerprint density at radius 3 is 3.10 bits per heavy atom. The molecule has 2 atom stereocenters. The lowest BCUT2D eigenvalue weighted by Gasteiger charge is -2.35. The zero-order valence-electron chi connectivity index (χ0n) is 11.6. The van der Waals surface area contributed by atoms with Gasteiger partial charge in [-0.3, -0.25) is 4.99 Å². The van der Waals surface area contributed by atoms with Gasteiger partial charge in [-0.25, -0.2) is 0 Å². The molecule has 2 heterocycles. The Kier molecular flexibility index (Phi) is 4.40. The molecule has 2 unspecified atom stereocenters. The maximum Gasteiger partial charge on any atom is 0.194 e. The van der Waals surface area contributed by atoms with Crippen LogP contribution in [-0.4, -0.2) is 30.0 Å². The van der Waals surface area contributed by atoms with Crippen LogP contribution in [0, 0.1) is 9.49 Å². The molecular weight excluding hydrogens is 385 g/mol. The number of nitrogens with zero attached hydrogens (tertiary/aromatic N) is 2. The summed E-state index contributed by atoms with van der Waals surface area (Å²) in [6.45, 7) is 5.19. The van der Waals surface area contributed by atoms with E-state index in [4.69, 9.17) is 11.6 Å². The summed E-state index contributed by atoms with van der Waals surface area (Å²) in [6.07, 6.45) is 2.60. The van der Waals surface area contributed by atoms with E-state index in [-0.39, 0.29) is 0 Å².